The van der Waals surface area contributed by atoms with E-state index in [0.717, 1.165) is 24.8 Å². The van der Waals surface area contributed by atoms with Crippen LogP contribution in [0.1, 0.15) is 18.5 Å². The first kappa shape index (κ1) is 15.6. The van der Waals surface area contributed by atoms with Crippen LogP contribution in [0.15, 0.2) is 47.5 Å². The summed E-state index contributed by atoms with van der Waals surface area (Å²) >= 11 is 0. The van der Waals surface area contributed by atoms with Crippen LogP contribution < -0.4 is 5.56 Å². The first-order valence-electron chi connectivity index (χ1n) is 8.45. The van der Waals surface area contributed by atoms with Crippen molar-refractivity contribution < 1.29 is 4.79 Å². The molecule has 1 saturated heterocycles. The third kappa shape index (κ3) is 3.05. The van der Waals surface area contributed by atoms with E-state index in [1.54, 1.807) is 12.3 Å². The van der Waals surface area contributed by atoms with E-state index in [1.807, 2.05) is 40.0 Å². The van der Waals surface area contributed by atoms with E-state index >= 15 is 0 Å². The van der Waals surface area contributed by atoms with Gasteiger partial charge in [0.05, 0.1) is 30.1 Å². The largest absolute Gasteiger partial charge is 0.338 e. The Balaban J connectivity index is 1.55. The number of hydrogen-bond acceptors (Lipinski definition) is 4. The van der Waals surface area contributed by atoms with E-state index in [-0.39, 0.29) is 23.9 Å². The molecule has 1 amide bonds. The second kappa shape index (κ2) is 6.51. The second-order valence-corrected chi connectivity index (χ2v) is 6.33. The van der Waals surface area contributed by atoms with Crippen molar-refractivity contribution in [2.45, 2.75) is 31.8 Å². The van der Waals surface area contributed by atoms with Gasteiger partial charge in [0, 0.05) is 24.3 Å². The monoisotopic (exact) mass is 337 g/mol. The van der Waals surface area contributed by atoms with Gasteiger partial charge in [-0.2, -0.15) is 10.2 Å². The first-order chi connectivity index (χ1) is 12.2. The minimum Gasteiger partial charge on any atom is -0.338 e. The molecule has 0 aliphatic carbocycles. The highest BCUT2D eigenvalue weighted by Gasteiger charge is 2.29. The molecule has 2 aromatic heterocycles. The molecule has 0 spiro atoms. The fourth-order valence-corrected chi connectivity index (χ4v) is 3.53. The van der Waals surface area contributed by atoms with Gasteiger partial charge in [0.2, 0.25) is 5.91 Å². The van der Waals surface area contributed by atoms with E-state index in [4.69, 9.17) is 0 Å². The second-order valence-electron chi connectivity index (χ2n) is 6.33. The number of nitrogens with one attached hydrogen (secondary N) is 1. The molecule has 1 N–H and O–H groups in total. The Labute approximate surface area is 144 Å². The molecule has 1 aliphatic rings. The Morgan fingerprint density at radius 3 is 2.88 bits per heavy atom. The Bertz CT molecular complexity index is 948. The molecule has 0 radical (unpaired) electrons. The van der Waals surface area contributed by atoms with Crippen molar-refractivity contribution in [3.63, 3.8) is 0 Å². The van der Waals surface area contributed by atoms with Gasteiger partial charge in [-0.1, -0.05) is 18.2 Å². The van der Waals surface area contributed by atoms with Crippen LogP contribution in [0.25, 0.3) is 10.8 Å². The molecule has 0 bridgehead atoms. The van der Waals surface area contributed by atoms with Gasteiger partial charge in [0.25, 0.3) is 5.56 Å². The molecule has 3 heterocycles. The van der Waals surface area contributed by atoms with Crippen molar-refractivity contribution >= 4 is 16.7 Å². The number of amides is 1. The van der Waals surface area contributed by atoms with Crippen LogP contribution in [-0.2, 0) is 17.8 Å². The zero-order chi connectivity index (χ0) is 17.2. The summed E-state index contributed by atoms with van der Waals surface area (Å²) in [7, 11) is 0. The summed E-state index contributed by atoms with van der Waals surface area (Å²) in [6.07, 6.45) is 5.82. The summed E-state index contributed by atoms with van der Waals surface area (Å²) in [4.78, 5) is 26.6. The lowest BCUT2D eigenvalue weighted by atomic mass is 10.1. The molecule has 0 unspecified atom stereocenters. The van der Waals surface area contributed by atoms with Crippen LogP contribution in [0.3, 0.4) is 0 Å². The highest BCUT2D eigenvalue weighted by molar-refractivity contribution is 5.88. The Hall–Kier alpha value is -2.96. The lowest BCUT2D eigenvalue weighted by Gasteiger charge is -2.24. The molecule has 0 saturated carbocycles. The van der Waals surface area contributed by atoms with E-state index in [1.165, 1.54) is 0 Å². The highest BCUT2D eigenvalue weighted by Crippen LogP contribution is 2.21. The van der Waals surface area contributed by atoms with Gasteiger partial charge in [-0.3, -0.25) is 14.3 Å². The number of rotatable bonds is 4. The molecular weight excluding hydrogens is 318 g/mol. The van der Waals surface area contributed by atoms with Crippen molar-refractivity contribution in [2.24, 2.45) is 0 Å². The zero-order valence-corrected chi connectivity index (χ0v) is 13.8. The standard InChI is InChI=1S/C18H19N5O2/c24-17(23-10-3-5-13(23)12-22-9-4-8-19-22)11-16-14-6-1-2-7-15(14)18(25)21-20-16/h1-2,4,6-9,13H,3,5,10-12H2,(H,21,25)/t13-/m1/s1. The predicted molar refractivity (Wildman–Crippen MR) is 93.0 cm³/mol. The van der Waals surface area contributed by atoms with E-state index in [9.17, 15) is 9.59 Å². The minimum atomic E-state index is -0.232. The molecule has 128 valence electrons. The topological polar surface area (TPSA) is 83.9 Å². The van der Waals surface area contributed by atoms with Crippen LogP contribution in [-0.4, -0.2) is 43.4 Å². The number of carbonyl (C=O) groups excluding carboxylic acids is 1. The van der Waals surface area contributed by atoms with E-state index < -0.39 is 0 Å². The van der Waals surface area contributed by atoms with Crippen LogP contribution in [0.2, 0.25) is 0 Å². The van der Waals surface area contributed by atoms with Crippen LogP contribution in [0.4, 0.5) is 0 Å². The lowest BCUT2D eigenvalue weighted by molar-refractivity contribution is -0.131. The number of likely N-dealkylation sites (tertiary alicyclic amines) is 1. The van der Waals surface area contributed by atoms with Crippen molar-refractivity contribution in [1.82, 2.24) is 24.9 Å². The molecule has 3 aromatic rings. The number of nitrogens with zero attached hydrogens (tertiary/aromatic N) is 4. The minimum absolute atomic E-state index is 0.0411. The molecule has 1 atom stereocenters. The maximum Gasteiger partial charge on any atom is 0.272 e. The third-order valence-corrected chi connectivity index (χ3v) is 4.75. The van der Waals surface area contributed by atoms with Gasteiger partial charge in [0.15, 0.2) is 0 Å². The van der Waals surface area contributed by atoms with Crippen LogP contribution in [0, 0.1) is 0 Å². The van der Waals surface area contributed by atoms with E-state index in [2.05, 4.69) is 15.3 Å². The molecule has 1 aromatic carbocycles. The van der Waals surface area contributed by atoms with Crippen LogP contribution in [0.5, 0.6) is 0 Å². The molecular formula is C18H19N5O2. The van der Waals surface area contributed by atoms with Crippen LogP contribution >= 0.6 is 0 Å². The fraction of sp³-hybridized carbons (Fsp3) is 0.333. The van der Waals surface area contributed by atoms with Gasteiger partial charge in [-0.25, -0.2) is 5.10 Å². The summed E-state index contributed by atoms with van der Waals surface area (Å²) in [6, 6.07) is 9.29. The number of hydrogen-bond donors (Lipinski definition) is 1. The van der Waals surface area contributed by atoms with Crippen molar-refractivity contribution in [3.05, 3.63) is 58.8 Å². The third-order valence-electron chi connectivity index (χ3n) is 4.75. The fourth-order valence-electron chi connectivity index (χ4n) is 3.53. The SMILES string of the molecule is O=C(Cc1n[nH]c(=O)c2ccccc12)N1CCC[C@@H]1Cn1cccn1. The van der Waals surface area contributed by atoms with Gasteiger partial charge >= 0.3 is 0 Å². The number of aromatic nitrogens is 4. The van der Waals surface area contributed by atoms with E-state index in [0.29, 0.717) is 17.6 Å². The number of fused-ring (bicyclic) bond motifs is 1. The van der Waals surface area contributed by atoms with Gasteiger partial charge in [-0.15, -0.1) is 0 Å². The number of aromatic amines is 1. The lowest BCUT2D eigenvalue weighted by Crippen LogP contribution is -2.39. The Kier molecular flexibility index (Phi) is 4.05. The maximum absolute atomic E-state index is 12.8. The Morgan fingerprint density at radius 2 is 2.08 bits per heavy atom. The predicted octanol–water partition coefficient (Wildman–Crippen LogP) is 1.35. The molecule has 7 heteroatoms. The average Bonchev–Trinajstić information content (AvgIpc) is 3.30. The summed E-state index contributed by atoms with van der Waals surface area (Å²) < 4.78 is 1.86. The first-order valence-corrected chi connectivity index (χ1v) is 8.45. The molecule has 1 aliphatic heterocycles. The quantitative estimate of drug-likeness (QED) is 0.779. The molecule has 25 heavy (non-hydrogen) atoms. The maximum atomic E-state index is 12.8. The summed E-state index contributed by atoms with van der Waals surface area (Å²) in [5, 5.41) is 12.1. The van der Waals surface area contributed by atoms with Crippen molar-refractivity contribution in [3.8, 4) is 0 Å². The highest BCUT2D eigenvalue weighted by atomic mass is 16.2. The van der Waals surface area contributed by atoms with Crippen molar-refractivity contribution in [1.29, 1.82) is 0 Å². The molecule has 7 nitrogen and oxygen atoms in total. The van der Waals surface area contributed by atoms with Gasteiger partial charge in [0.1, 0.15) is 0 Å². The summed E-state index contributed by atoms with van der Waals surface area (Å²) in [6.45, 7) is 1.46. The smallest absolute Gasteiger partial charge is 0.272 e. The Morgan fingerprint density at radius 1 is 1.24 bits per heavy atom. The molecule has 4 rings (SSSR count). The number of benzene rings is 1. The summed E-state index contributed by atoms with van der Waals surface area (Å²) in [5.74, 6) is 0.0411. The van der Waals surface area contributed by atoms with Gasteiger partial charge in [-0.05, 0) is 25.0 Å². The zero-order valence-electron chi connectivity index (χ0n) is 13.8. The normalized spacial score (nSPS) is 17.3. The number of carbonyl (C=O) groups is 1. The summed E-state index contributed by atoms with van der Waals surface area (Å²) in [5.41, 5.74) is 0.384. The average molecular weight is 337 g/mol. The molecule has 1 fully saturated rings. The van der Waals surface area contributed by atoms with Crippen molar-refractivity contribution in [2.75, 3.05) is 6.54 Å². The van der Waals surface area contributed by atoms with Gasteiger partial charge < -0.3 is 4.90 Å². The number of H-pyrrole nitrogens is 1.